The van der Waals surface area contributed by atoms with E-state index in [1.807, 2.05) is 6.07 Å². The standard InChI is InChI=1S/C16H17F3N2O/c17-16(18,19)12-5-4-10(9-20)8-14(12)21-13-2-1-3-15-11(13)6-7-22-15/h4-5,8,11,13,15,21H,1-3,6-7H2. The van der Waals surface area contributed by atoms with Gasteiger partial charge in [-0.25, -0.2) is 0 Å². The molecule has 3 atom stereocenters. The molecule has 0 aromatic heterocycles. The van der Waals surface area contributed by atoms with E-state index in [0.29, 0.717) is 6.61 Å². The van der Waals surface area contributed by atoms with Crippen molar-refractivity contribution in [3.8, 4) is 6.07 Å². The lowest BCUT2D eigenvalue weighted by Crippen LogP contribution is -2.38. The van der Waals surface area contributed by atoms with Crippen molar-refractivity contribution in [2.75, 3.05) is 11.9 Å². The fourth-order valence-corrected chi connectivity index (χ4v) is 3.54. The minimum Gasteiger partial charge on any atom is -0.381 e. The van der Waals surface area contributed by atoms with Crippen molar-refractivity contribution in [3.05, 3.63) is 29.3 Å². The third-order valence-electron chi connectivity index (χ3n) is 4.58. The van der Waals surface area contributed by atoms with Crippen molar-refractivity contribution in [1.29, 1.82) is 5.26 Å². The summed E-state index contributed by atoms with van der Waals surface area (Å²) in [5, 5.41) is 12.0. The number of ether oxygens (including phenoxy) is 1. The molecule has 1 heterocycles. The Hall–Kier alpha value is -1.74. The highest BCUT2D eigenvalue weighted by Gasteiger charge is 2.39. The van der Waals surface area contributed by atoms with E-state index < -0.39 is 11.7 Å². The van der Waals surface area contributed by atoms with Gasteiger partial charge in [-0.3, -0.25) is 0 Å². The minimum absolute atomic E-state index is 0.00380. The monoisotopic (exact) mass is 310 g/mol. The molecule has 1 aromatic carbocycles. The maximum absolute atomic E-state index is 13.2. The molecule has 2 aliphatic rings. The third kappa shape index (κ3) is 2.91. The number of rotatable bonds is 2. The number of fused-ring (bicyclic) bond motifs is 1. The average Bonchev–Trinajstić information content (AvgIpc) is 2.95. The van der Waals surface area contributed by atoms with Crippen LogP contribution in [0.25, 0.3) is 0 Å². The smallest absolute Gasteiger partial charge is 0.381 e. The van der Waals surface area contributed by atoms with Crippen molar-refractivity contribution in [2.45, 2.75) is 44.0 Å². The molecule has 0 spiro atoms. The predicted molar refractivity (Wildman–Crippen MR) is 75.3 cm³/mol. The molecule has 6 heteroatoms. The molecule has 1 aliphatic carbocycles. The van der Waals surface area contributed by atoms with Gasteiger partial charge in [-0.05, 0) is 43.9 Å². The highest BCUT2D eigenvalue weighted by atomic mass is 19.4. The zero-order valence-electron chi connectivity index (χ0n) is 12.0. The molecule has 3 nitrogen and oxygen atoms in total. The summed E-state index contributed by atoms with van der Waals surface area (Å²) in [5.74, 6) is 0.251. The summed E-state index contributed by atoms with van der Waals surface area (Å²) in [6, 6.07) is 5.34. The van der Waals surface area contributed by atoms with Crippen LogP contribution in [-0.4, -0.2) is 18.8 Å². The van der Waals surface area contributed by atoms with Gasteiger partial charge in [0.25, 0.3) is 0 Å². The maximum Gasteiger partial charge on any atom is 0.418 e. The van der Waals surface area contributed by atoms with Crippen LogP contribution in [0.5, 0.6) is 0 Å². The van der Waals surface area contributed by atoms with Crippen LogP contribution in [-0.2, 0) is 10.9 Å². The number of hydrogen-bond acceptors (Lipinski definition) is 3. The van der Waals surface area contributed by atoms with Gasteiger partial charge >= 0.3 is 6.18 Å². The van der Waals surface area contributed by atoms with Crippen LogP contribution in [0, 0.1) is 17.2 Å². The second-order valence-corrected chi connectivity index (χ2v) is 5.91. The largest absolute Gasteiger partial charge is 0.418 e. The van der Waals surface area contributed by atoms with Crippen LogP contribution >= 0.6 is 0 Å². The van der Waals surface area contributed by atoms with E-state index in [9.17, 15) is 13.2 Å². The molecule has 1 aliphatic heterocycles. The van der Waals surface area contributed by atoms with E-state index >= 15 is 0 Å². The summed E-state index contributed by atoms with van der Waals surface area (Å²) < 4.78 is 45.1. The lowest BCUT2D eigenvalue weighted by Gasteiger charge is -2.34. The Balaban J connectivity index is 1.88. The molecule has 2 fully saturated rings. The van der Waals surface area contributed by atoms with E-state index in [4.69, 9.17) is 10.00 Å². The molecule has 3 unspecified atom stereocenters. The average molecular weight is 310 g/mol. The number of benzene rings is 1. The highest BCUT2D eigenvalue weighted by Crippen LogP contribution is 2.39. The van der Waals surface area contributed by atoms with Gasteiger partial charge in [-0.1, -0.05) is 0 Å². The Morgan fingerprint density at radius 1 is 1.23 bits per heavy atom. The van der Waals surface area contributed by atoms with Gasteiger partial charge in [0.05, 0.1) is 23.3 Å². The molecule has 0 amide bonds. The van der Waals surface area contributed by atoms with Crippen LogP contribution in [0.15, 0.2) is 18.2 Å². The van der Waals surface area contributed by atoms with Crippen LogP contribution in [0.4, 0.5) is 18.9 Å². The first-order chi connectivity index (χ1) is 10.5. The van der Waals surface area contributed by atoms with Crippen molar-refractivity contribution in [1.82, 2.24) is 0 Å². The summed E-state index contributed by atoms with van der Waals surface area (Å²) in [4.78, 5) is 0. The number of nitriles is 1. The lowest BCUT2D eigenvalue weighted by atomic mass is 9.81. The van der Waals surface area contributed by atoms with Gasteiger partial charge in [0.15, 0.2) is 0 Å². The molecule has 1 saturated carbocycles. The van der Waals surface area contributed by atoms with Crippen molar-refractivity contribution in [2.24, 2.45) is 5.92 Å². The fraction of sp³-hybridized carbons (Fsp3) is 0.562. The quantitative estimate of drug-likeness (QED) is 0.899. The highest BCUT2D eigenvalue weighted by molar-refractivity contribution is 5.57. The number of halogens is 3. The Labute approximate surface area is 127 Å². The summed E-state index contributed by atoms with van der Waals surface area (Å²) in [6.45, 7) is 0.678. The Kier molecular flexibility index (Phi) is 4.00. The SMILES string of the molecule is N#Cc1ccc(C(F)(F)F)c(NC2CCCC3OCCC23)c1. The molecule has 1 aromatic rings. The van der Waals surface area contributed by atoms with Crippen LogP contribution < -0.4 is 5.32 Å². The normalized spacial score (nSPS) is 28.0. The van der Waals surface area contributed by atoms with Crippen LogP contribution in [0.2, 0.25) is 0 Å². The van der Waals surface area contributed by atoms with Gasteiger partial charge in [0.2, 0.25) is 0 Å². The predicted octanol–water partition coefficient (Wildman–Crippen LogP) is 3.95. The lowest BCUT2D eigenvalue weighted by molar-refractivity contribution is -0.137. The molecule has 1 N–H and O–H groups in total. The molecule has 1 saturated heterocycles. The Bertz CT molecular complexity index is 594. The molecule has 118 valence electrons. The Morgan fingerprint density at radius 3 is 2.77 bits per heavy atom. The molecule has 0 radical (unpaired) electrons. The van der Waals surface area contributed by atoms with E-state index in [1.165, 1.54) is 12.1 Å². The number of nitrogens with one attached hydrogen (secondary N) is 1. The summed E-state index contributed by atoms with van der Waals surface area (Å²) in [7, 11) is 0. The van der Waals surface area contributed by atoms with Crippen molar-refractivity contribution >= 4 is 5.69 Å². The zero-order valence-corrected chi connectivity index (χ0v) is 12.0. The molecular formula is C16H17F3N2O. The Morgan fingerprint density at radius 2 is 2.05 bits per heavy atom. The maximum atomic E-state index is 13.2. The third-order valence-corrected chi connectivity index (χ3v) is 4.58. The second-order valence-electron chi connectivity index (χ2n) is 5.91. The number of nitrogens with zero attached hydrogens (tertiary/aromatic N) is 1. The number of hydrogen-bond donors (Lipinski definition) is 1. The van der Waals surface area contributed by atoms with Gasteiger partial charge in [0.1, 0.15) is 0 Å². The molecular weight excluding hydrogens is 293 g/mol. The number of anilines is 1. The van der Waals surface area contributed by atoms with Crippen molar-refractivity contribution < 1.29 is 17.9 Å². The van der Waals surface area contributed by atoms with Gasteiger partial charge in [0, 0.05) is 24.3 Å². The van der Waals surface area contributed by atoms with Gasteiger partial charge < -0.3 is 10.1 Å². The van der Waals surface area contributed by atoms with Crippen LogP contribution in [0.1, 0.15) is 36.8 Å². The van der Waals surface area contributed by atoms with Gasteiger partial charge in [-0.15, -0.1) is 0 Å². The minimum atomic E-state index is -4.43. The first-order valence-electron chi connectivity index (χ1n) is 7.48. The zero-order chi connectivity index (χ0) is 15.7. The first kappa shape index (κ1) is 15.2. The van der Waals surface area contributed by atoms with Crippen molar-refractivity contribution in [3.63, 3.8) is 0 Å². The molecule has 3 rings (SSSR count). The van der Waals surface area contributed by atoms with E-state index in [1.54, 1.807) is 0 Å². The van der Waals surface area contributed by atoms with E-state index in [2.05, 4.69) is 5.32 Å². The van der Waals surface area contributed by atoms with E-state index in [-0.39, 0.29) is 29.3 Å². The second kappa shape index (κ2) is 5.81. The summed E-state index contributed by atoms with van der Waals surface area (Å²) in [6.07, 6.45) is -0.651. The topological polar surface area (TPSA) is 45.0 Å². The van der Waals surface area contributed by atoms with Gasteiger partial charge in [-0.2, -0.15) is 18.4 Å². The summed E-state index contributed by atoms with van der Waals surface area (Å²) >= 11 is 0. The van der Waals surface area contributed by atoms with E-state index in [0.717, 1.165) is 31.7 Å². The van der Waals surface area contributed by atoms with Crippen LogP contribution in [0.3, 0.4) is 0 Å². The molecule has 0 bridgehead atoms. The fourth-order valence-electron chi connectivity index (χ4n) is 3.54. The molecule has 22 heavy (non-hydrogen) atoms. The summed E-state index contributed by atoms with van der Waals surface area (Å²) in [5.41, 5.74) is -0.484. The number of alkyl halides is 3. The first-order valence-corrected chi connectivity index (χ1v) is 7.48.